The maximum atomic E-state index is 12.2. The number of rotatable bonds is 4. The molecule has 0 bridgehead atoms. The number of nitrogens with one attached hydrogen (secondary N) is 1. The molecule has 0 atom stereocenters. The van der Waals surface area contributed by atoms with Crippen LogP contribution in [0.2, 0.25) is 0 Å². The zero-order chi connectivity index (χ0) is 14.0. The zero-order valence-corrected chi connectivity index (χ0v) is 12.9. The second-order valence-corrected chi connectivity index (χ2v) is 6.23. The van der Waals surface area contributed by atoms with Crippen LogP contribution in [0.5, 0.6) is 0 Å². The van der Waals surface area contributed by atoms with Crippen LogP contribution in [-0.4, -0.2) is 16.8 Å². The van der Waals surface area contributed by atoms with Crippen LogP contribution in [0, 0.1) is 0 Å². The Morgan fingerprint density at radius 3 is 2.55 bits per heavy atom. The Morgan fingerprint density at radius 2 is 1.90 bits per heavy atom. The second kappa shape index (κ2) is 5.57. The molecule has 1 amide bonds. The molecule has 3 rings (SSSR count). The zero-order valence-electron chi connectivity index (χ0n) is 11.4. The van der Waals surface area contributed by atoms with Gasteiger partial charge in [0.05, 0.1) is 6.42 Å². The molecule has 0 spiro atoms. The van der Waals surface area contributed by atoms with Gasteiger partial charge in [0.25, 0.3) is 0 Å². The van der Waals surface area contributed by atoms with Gasteiger partial charge in [-0.05, 0) is 35.6 Å². The summed E-state index contributed by atoms with van der Waals surface area (Å²) in [6.45, 7) is 0. The minimum atomic E-state index is 0.00787. The molecule has 1 aliphatic rings. The van der Waals surface area contributed by atoms with Crippen LogP contribution in [-0.2, 0) is 11.2 Å². The van der Waals surface area contributed by atoms with Crippen LogP contribution in [0.4, 0.5) is 0 Å². The Kier molecular flexibility index (Phi) is 3.79. The summed E-state index contributed by atoms with van der Waals surface area (Å²) in [5.74, 6) is 0.124. The lowest BCUT2D eigenvalue weighted by molar-refractivity contribution is -0.123. The van der Waals surface area contributed by atoms with Gasteiger partial charge in [0.2, 0.25) is 5.91 Å². The maximum absolute atomic E-state index is 12.2. The van der Waals surface area contributed by atoms with Gasteiger partial charge in [-0.1, -0.05) is 58.4 Å². The summed E-state index contributed by atoms with van der Waals surface area (Å²) in [7, 11) is 0. The molecule has 20 heavy (non-hydrogen) atoms. The first kappa shape index (κ1) is 13.6. The van der Waals surface area contributed by atoms with E-state index in [0.717, 1.165) is 23.7 Å². The average Bonchev–Trinajstić information content (AvgIpc) is 2.43. The van der Waals surface area contributed by atoms with Crippen LogP contribution >= 0.6 is 15.9 Å². The highest BCUT2D eigenvalue weighted by molar-refractivity contribution is 9.09. The number of amides is 1. The summed E-state index contributed by atoms with van der Waals surface area (Å²) in [5, 5.41) is 6.45. The van der Waals surface area contributed by atoms with Crippen molar-refractivity contribution in [3.63, 3.8) is 0 Å². The van der Waals surface area contributed by atoms with Crippen molar-refractivity contribution >= 4 is 32.6 Å². The van der Waals surface area contributed by atoms with Gasteiger partial charge < -0.3 is 5.32 Å². The van der Waals surface area contributed by atoms with Crippen molar-refractivity contribution in [1.29, 1.82) is 0 Å². The van der Waals surface area contributed by atoms with Crippen LogP contribution in [0.3, 0.4) is 0 Å². The van der Waals surface area contributed by atoms with Crippen molar-refractivity contribution < 1.29 is 4.79 Å². The number of hydrogen-bond donors (Lipinski definition) is 1. The summed E-state index contributed by atoms with van der Waals surface area (Å²) < 4.78 is 0. The van der Waals surface area contributed by atoms with E-state index in [1.807, 2.05) is 18.2 Å². The highest BCUT2D eigenvalue weighted by atomic mass is 79.9. The number of alkyl halides is 1. The first-order chi connectivity index (χ1) is 9.71. The molecule has 1 fully saturated rings. The molecule has 2 nitrogen and oxygen atoms in total. The predicted molar refractivity (Wildman–Crippen MR) is 86.2 cm³/mol. The van der Waals surface area contributed by atoms with E-state index in [1.165, 1.54) is 17.2 Å². The molecule has 0 radical (unpaired) electrons. The van der Waals surface area contributed by atoms with E-state index in [9.17, 15) is 4.79 Å². The lowest BCUT2D eigenvalue weighted by Crippen LogP contribution is -2.55. The minimum Gasteiger partial charge on any atom is -0.350 e. The quantitative estimate of drug-likeness (QED) is 0.848. The molecule has 104 valence electrons. The van der Waals surface area contributed by atoms with Gasteiger partial charge in [-0.2, -0.15) is 0 Å². The number of fused-ring (bicyclic) bond motifs is 1. The molecule has 1 aliphatic carbocycles. The smallest absolute Gasteiger partial charge is 0.224 e. The van der Waals surface area contributed by atoms with Crippen LogP contribution in [0.15, 0.2) is 42.5 Å². The molecule has 0 unspecified atom stereocenters. The van der Waals surface area contributed by atoms with Crippen molar-refractivity contribution in [3.05, 3.63) is 48.0 Å². The summed E-state index contributed by atoms with van der Waals surface area (Å²) in [6.07, 6.45) is 3.84. The predicted octanol–water partition coefficient (Wildman–Crippen LogP) is 3.82. The lowest BCUT2D eigenvalue weighted by Gasteiger charge is -2.41. The van der Waals surface area contributed by atoms with E-state index < -0.39 is 0 Å². The minimum absolute atomic E-state index is 0.00787. The summed E-state index contributed by atoms with van der Waals surface area (Å²) in [4.78, 5) is 12.2. The fraction of sp³-hybridized carbons (Fsp3) is 0.353. The van der Waals surface area contributed by atoms with Crippen LogP contribution < -0.4 is 5.32 Å². The third-order valence-electron chi connectivity index (χ3n) is 4.15. The standard InChI is InChI=1S/C17H18BrNO/c18-12-17(8-3-9-17)19-16(20)11-13-6-7-14-4-1-2-5-15(14)10-13/h1-2,4-7,10H,3,8-9,11-12H2,(H,19,20). The SMILES string of the molecule is O=C(Cc1ccc2ccccc2c1)NC1(CBr)CCC1. The van der Waals surface area contributed by atoms with Crippen molar-refractivity contribution in [1.82, 2.24) is 5.32 Å². The molecule has 0 heterocycles. The van der Waals surface area contributed by atoms with E-state index in [2.05, 4.69) is 45.5 Å². The highest BCUT2D eigenvalue weighted by Gasteiger charge is 2.36. The van der Waals surface area contributed by atoms with Gasteiger partial charge >= 0.3 is 0 Å². The summed E-state index contributed by atoms with van der Waals surface area (Å²) in [6, 6.07) is 14.5. The van der Waals surface area contributed by atoms with Gasteiger partial charge in [-0.3, -0.25) is 4.79 Å². The average molecular weight is 332 g/mol. The largest absolute Gasteiger partial charge is 0.350 e. The lowest BCUT2D eigenvalue weighted by atomic mass is 9.78. The van der Waals surface area contributed by atoms with E-state index in [1.54, 1.807) is 0 Å². The van der Waals surface area contributed by atoms with E-state index in [4.69, 9.17) is 0 Å². The van der Waals surface area contributed by atoms with Gasteiger partial charge in [-0.15, -0.1) is 0 Å². The molecule has 1 saturated carbocycles. The van der Waals surface area contributed by atoms with Crippen LogP contribution in [0.25, 0.3) is 10.8 Å². The first-order valence-corrected chi connectivity index (χ1v) is 8.18. The van der Waals surface area contributed by atoms with E-state index in [-0.39, 0.29) is 11.4 Å². The fourth-order valence-corrected chi connectivity index (χ4v) is 3.47. The van der Waals surface area contributed by atoms with E-state index >= 15 is 0 Å². The molecular formula is C17H18BrNO. The molecule has 2 aromatic carbocycles. The Morgan fingerprint density at radius 1 is 1.15 bits per heavy atom. The number of carbonyl (C=O) groups excluding carboxylic acids is 1. The van der Waals surface area contributed by atoms with E-state index in [0.29, 0.717) is 6.42 Å². The monoisotopic (exact) mass is 331 g/mol. The van der Waals surface area contributed by atoms with Crippen molar-refractivity contribution in [2.24, 2.45) is 0 Å². The van der Waals surface area contributed by atoms with Crippen molar-refractivity contribution in [2.45, 2.75) is 31.2 Å². The van der Waals surface area contributed by atoms with Gasteiger partial charge in [0.15, 0.2) is 0 Å². The number of benzene rings is 2. The second-order valence-electron chi connectivity index (χ2n) is 5.67. The third kappa shape index (κ3) is 2.73. The fourth-order valence-electron chi connectivity index (χ4n) is 2.77. The number of hydrogen-bond acceptors (Lipinski definition) is 1. The van der Waals surface area contributed by atoms with Gasteiger partial charge in [0, 0.05) is 10.9 Å². The molecule has 3 heteroatoms. The first-order valence-electron chi connectivity index (χ1n) is 7.05. The molecule has 2 aromatic rings. The third-order valence-corrected chi connectivity index (χ3v) is 5.22. The normalized spacial score (nSPS) is 16.6. The van der Waals surface area contributed by atoms with Crippen molar-refractivity contribution in [2.75, 3.05) is 5.33 Å². The van der Waals surface area contributed by atoms with Crippen LogP contribution in [0.1, 0.15) is 24.8 Å². The Balaban J connectivity index is 1.71. The van der Waals surface area contributed by atoms with Crippen molar-refractivity contribution in [3.8, 4) is 0 Å². The highest BCUT2D eigenvalue weighted by Crippen LogP contribution is 2.33. The van der Waals surface area contributed by atoms with Gasteiger partial charge in [-0.25, -0.2) is 0 Å². The Bertz CT molecular complexity index is 628. The molecule has 1 N–H and O–H groups in total. The number of carbonyl (C=O) groups is 1. The molecule has 0 aromatic heterocycles. The topological polar surface area (TPSA) is 29.1 Å². The summed E-state index contributed by atoms with van der Waals surface area (Å²) in [5.41, 5.74) is 1.08. The molecule has 0 saturated heterocycles. The number of halogens is 1. The molecule has 0 aliphatic heterocycles. The Hall–Kier alpha value is -1.35. The summed E-state index contributed by atoms with van der Waals surface area (Å²) >= 11 is 3.52. The maximum Gasteiger partial charge on any atom is 0.224 e. The van der Waals surface area contributed by atoms with Gasteiger partial charge in [0.1, 0.15) is 0 Å². The molecular weight excluding hydrogens is 314 g/mol. The Labute approximate surface area is 127 Å².